The van der Waals surface area contributed by atoms with E-state index in [2.05, 4.69) is 15.4 Å². The molecule has 0 aliphatic carbocycles. The van der Waals surface area contributed by atoms with E-state index in [9.17, 15) is 5.11 Å². The molecule has 0 bridgehead atoms. The number of aliphatic hydroxyl groups excluding tert-OH is 1. The number of rotatable bonds is 3. The summed E-state index contributed by atoms with van der Waals surface area (Å²) in [5.41, 5.74) is 1.13. The number of tetrazole rings is 1. The smallest absolute Gasteiger partial charge is 0.177 e. The van der Waals surface area contributed by atoms with Crippen molar-refractivity contribution in [1.29, 1.82) is 0 Å². The minimum Gasteiger partial charge on any atom is -0.487 e. The maximum absolute atomic E-state index is 10.1. The summed E-state index contributed by atoms with van der Waals surface area (Å²) in [6, 6.07) is 7.84. The Kier molecular flexibility index (Phi) is 2.71. The monoisotopic (exact) mass is 246 g/mol. The standard InChI is InChI=1S/C12H14N4O2/c1-16-14-12(13-15-16)7-9(17)11-6-8-4-2-3-5-10(8)18-11/h2-5,9,11,17H,6-7H2,1H3. The molecule has 1 aliphatic rings. The van der Waals surface area contributed by atoms with Gasteiger partial charge in [0.15, 0.2) is 5.82 Å². The van der Waals surface area contributed by atoms with Gasteiger partial charge in [0, 0.05) is 12.8 Å². The summed E-state index contributed by atoms with van der Waals surface area (Å²) in [7, 11) is 1.70. The first-order valence-electron chi connectivity index (χ1n) is 5.88. The number of para-hydroxylation sites is 1. The van der Waals surface area contributed by atoms with E-state index in [4.69, 9.17) is 4.74 Å². The summed E-state index contributed by atoms with van der Waals surface area (Å²) < 4.78 is 5.71. The predicted molar refractivity (Wildman–Crippen MR) is 63.1 cm³/mol. The van der Waals surface area contributed by atoms with Gasteiger partial charge in [-0.3, -0.25) is 0 Å². The van der Waals surface area contributed by atoms with E-state index in [0.717, 1.165) is 17.7 Å². The van der Waals surface area contributed by atoms with Crippen molar-refractivity contribution in [2.45, 2.75) is 25.0 Å². The highest BCUT2D eigenvalue weighted by Crippen LogP contribution is 2.29. The van der Waals surface area contributed by atoms with Crippen molar-refractivity contribution in [2.75, 3.05) is 0 Å². The number of fused-ring (bicyclic) bond motifs is 1. The van der Waals surface area contributed by atoms with Crippen LogP contribution in [-0.2, 0) is 19.9 Å². The number of aryl methyl sites for hydroxylation is 1. The van der Waals surface area contributed by atoms with Gasteiger partial charge in [-0.2, -0.15) is 4.80 Å². The number of benzene rings is 1. The third kappa shape index (κ3) is 2.06. The molecule has 6 nitrogen and oxygen atoms in total. The van der Waals surface area contributed by atoms with E-state index in [1.54, 1.807) is 7.05 Å². The first-order valence-corrected chi connectivity index (χ1v) is 5.88. The third-order valence-corrected chi connectivity index (χ3v) is 3.04. The average molecular weight is 246 g/mol. The topological polar surface area (TPSA) is 73.1 Å². The van der Waals surface area contributed by atoms with Crippen LogP contribution < -0.4 is 4.74 Å². The Hall–Kier alpha value is -1.95. The van der Waals surface area contributed by atoms with E-state index in [1.165, 1.54) is 4.80 Å². The maximum Gasteiger partial charge on any atom is 0.177 e. The summed E-state index contributed by atoms with van der Waals surface area (Å²) in [6.07, 6.45) is 0.220. The van der Waals surface area contributed by atoms with E-state index < -0.39 is 6.10 Å². The summed E-state index contributed by atoms with van der Waals surface area (Å²) in [5, 5.41) is 21.8. The molecule has 0 fully saturated rings. The molecule has 1 aromatic carbocycles. The number of ether oxygens (including phenoxy) is 1. The molecule has 6 heteroatoms. The van der Waals surface area contributed by atoms with E-state index in [1.807, 2.05) is 24.3 Å². The molecule has 2 atom stereocenters. The van der Waals surface area contributed by atoms with Crippen LogP contribution in [0.5, 0.6) is 5.75 Å². The Bertz CT molecular complexity index is 530. The molecule has 2 unspecified atom stereocenters. The minimum absolute atomic E-state index is 0.230. The molecule has 0 saturated carbocycles. The highest BCUT2D eigenvalue weighted by molar-refractivity contribution is 5.37. The van der Waals surface area contributed by atoms with Gasteiger partial charge in [-0.05, 0) is 16.8 Å². The quantitative estimate of drug-likeness (QED) is 0.832. The Morgan fingerprint density at radius 3 is 3.06 bits per heavy atom. The lowest BCUT2D eigenvalue weighted by molar-refractivity contribution is 0.0489. The first-order chi connectivity index (χ1) is 8.72. The van der Waals surface area contributed by atoms with Gasteiger partial charge >= 0.3 is 0 Å². The number of hydrogen-bond acceptors (Lipinski definition) is 5. The van der Waals surface area contributed by atoms with Gasteiger partial charge in [-0.25, -0.2) is 0 Å². The van der Waals surface area contributed by atoms with Crippen LogP contribution >= 0.6 is 0 Å². The SMILES string of the molecule is Cn1nnc(CC(O)C2Cc3ccccc3O2)n1. The minimum atomic E-state index is -0.624. The third-order valence-electron chi connectivity index (χ3n) is 3.04. The number of aliphatic hydroxyl groups is 1. The van der Waals surface area contributed by atoms with Gasteiger partial charge in [0.2, 0.25) is 0 Å². The van der Waals surface area contributed by atoms with Crippen molar-refractivity contribution in [1.82, 2.24) is 20.2 Å². The lowest BCUT2D eigenvalue weighted by atomic mass is 10.0. The fourth-order valence-corrected chi connectivity index (χ4v) is 2.15. The highest BCUT2D eigenvalue weighted by atomic mass is 16.5. The van der Waals surface area contributed by atoms with Crippen molar-refractivity contribution in [3.8, 4) is 5.75 Å². The summed E-state index contributed by atoms with van der Waals surface area (Å²) in [4.78, 5) is 1.38. The van der Waals surface area contributed by atoms with Gasteiger partial charge in [0.1, 0.15) is 11.9 Å². The molecular weight excluding hydrogens is 232 g/mol. The Balaban J connectivity index is 1.67. The zero-order valence-electron chi connectivity index (χ0n) is 10.0. The lowest BCUT2D eigenvalue weighted by Crippen LogP contribution is -2.32. The molecule has 1 aromatic heterocycles. The maximum atomic E-state index is 10.1. The van der Waals surface area contributed by atoms with Gasteiger partial charge in [-0.15, -0.1) is 10.2 Å². The molecule has 0 spiro atoms. The highest BCUT2D eigenvalue weighted by Gasteiger charge is 2.29. The zero-order chi connectivity index (χ0) is 12.5. The van der Waals surface area contributed by atoms with Gasteiger partial charge in [0.05, 0.1) is 13.2 Å². The van der Waals surface area contributed by atoms with Crippen LogP contribution in [0.1, 0.15) is 11.4 Å². The van der Waals surface area contributed by atoms with E-state index in [0.29, 0.717) is 12.2 Å². The fourth-order valence-electron chi connectivity index (χ4n) is 2.15. The largest absolute Gasteiger partial charge is 0.487 e. The van der Waals surface area contributed by atoms with E-state index >= 15 is 0 Å². The Morgan fingerprint density at radius 1 is 1.50 bits per heavy atom. The van der Waals surface area contributed by atoms with E-state index in [-0.39, 0.29) is 6.10 Å². The van der Waals surface area contributed by atoms with Crippen LogP contribution in [0, 0.1) is 0 Å². The van der Waals surface area contributed by atoms with Crippen LogP contribution in [0.3, 0.4) is 0 Å². The second-order valence-corrected chi connectivity index (χ2v) is 4.43. The summed E-state index contributed by atoms with van der Waals surface area (Å²) in [5.74, 6) is 1.39. The Morgan fingerprint density at radius 2 is 2.33 bits per heavy atom. The molecule has 2 heterocycles. The molecule has 3 rings (SSSR count). The molecular formula is C12H14N4O2. The van der Waals surface area contributed by atoms with Crippen molar-refractivity contribution in [2.24, 2.45) is 7.05 Å². The van der Waals surface area contributed by atoms with Crippen LogP contribution in [0.25, 0.3) is 0 Å². The van der Waals surface area contributed by atoms with Crippen molar-refractivity contribution in [3.05, 3.63) is 35.7 Å². The van der Waals surface area contributed by atoms with Gasteiger partial charge in [-0.1, -0.05) is 18.2 Å². The van der Waals surface area contributed by atoms with Crippen molar-refractivity contribution >= 4 is 0 Å². The summed E-state index contributed by atoms with van der Waals surface area (Å²) in [6.45, 7) is 0. The molecule has 1 aliphatic heterocycles. The van der Waals surface area contributed by atoms with Crippen LogP contribution in [0.4, 0.5) is 0 Å². The van der Waals surface area contributed by atoms with Crippen LogP contribution in [0.2, 0.25) is 0 Å². The van der Waals surface area contributed by atoms with Gasteiger partial charge < -0.3 is 9.84 Å². The molecule has 18 heavy (non-hydrogen) atoms. The molecule has 0 radical (unpaired) electrons. The molecule has 2 aromatic rings. The van der Waals surface area contributed by atoms with Crippen molar-refractivity contribution in [3.63, 3.8) is 0 Å². The Labute approximate surface area is 104 Å². The molecule has 1 N–H and O–H groups in total. The number of hydrogen-bond donors (Lipinski definition) is 1. The first kappa shape index (κ1) is 11.2. The van der Waals surface area contributed by atoms with Crippen LogP contribution in [-0.4, -0.2) is 37.5 Å². The molecule has 94 valence electrons. The lowest BCUT2D eigenvalue weighted by Gasteiger charge is -2.16. The van der Waals surface area contributed by atoms with Crippen molar-refractivity contribution < 1.29 is 9.84 Å². The normalized spacial score (nSPS) is 19.3. The molecule has 0 amide bonds. The predicted octanol–water partition coefficient (Wildman–Crippen LogP) is 0.117. The number of nitrogens with zero attached hydrogens (tertiary/aromatic N) is 4. The number of aromatic nitrogens is 4. The average Bonchev–Trinajstić information content (AvgIpc) is 2.95. The van der Waals surface area contributed by atoms with Gasteiger partial charge in [0.25, 0.3) is 0 Å². The zero-order valence-corrected chi connectivity index (χ0v) is 10.0. The second kappa shape index (κ2) is 4.38. The summed E-state index contributed by atoms with van der Waals surface area (Å²) >= 11 is 0. The molecule has 0 saturated heterocycles. The fraction of sp³-hybridized carbons (Fsp3) is 0.417. The second-order valence-electron chi connectivity index (χ2n) is 4.43. The van der Waals surface area contributed by atoms with Crippen LogP contribution in [0.15, 0.2) is 24.3 Å².